The molecule has 0 atom stereocenters. The topological polar surface area (TPSA) is 165 Å². The number of amides is 1. The van der Waals surface area contributed by atoms with Gasteiger partial charge in [0.1, 0.15) is 21.5 Å². The Morgan fingerprint density at radius 1 is 1.29 bits per heavy atom. The van der Waals surface area contributed by atoms with Crippen LogP contribution in [0, 0.1) is 38.5 Å². The first-order valence-electron chi connectivity index (χ1n) is 7.66. The Hall–Kier alpha value is -3.85. The summed E-state index contributed by atoms with van der Waals surface area (Å²) in [5.74, 6) is -1.61. The molecule has 1 N–H and O–H groups in total. The van der Waals surface area contributed by atoms with Gasteiger partial charge >= 0.3 is 5.97 Å². The van der Waals surface area contributed by atoms with Crippen molar-refractivity contribution in [3.05, 3.63) is 60.0 Å². The van der Waals surface area contributed by atoms with Gasteiger partial charge in [0.25, 0.3) is 17.3 Å². The van der Waals surface area contributed by atoms with E-state index in [0.717, 1.165) is 23.5 Å². The van der Waals surface area contributed by atoms with Crippen molar-refractivity contribution in [3.8, 4) is 6.07 Å². The molecule has 2 rings (SSSR count). The number of non-ortho nitro benzene ring substituents is 1. The van der Waals surface area contributed by atoms with Gasteiger partial charge in [0, 0.05) is 6.07 Å². The average molecular weight is 404 g/mol. The first-order chi connectivity index (χ1) is 13.2. The molecule has 12 heteroatoms. The fourth-order valence-electron chi connectivity index (χ4n) is 2.27. The predicted octanol–water partition coefficient (Wildman–Crippen LogP) is 3.17. The number of nitrogens with one attached hydrogen (secondary N) is 1. The van der Waals surface area contributed by atoms with E-state index in [9.17, 15) is 35.1 Å². The normalized spacial score (nSPS) is 10.0. The first-order valence-corrected chi connectivity index (χ1v) is 8.47. The van der Waals surface area contributed by atoms with E-state index in [-0.39, 0.29) is 22.0 Å². The molecule has 0 bridgehead atoms. The van der Waals surface area contributed by atoms with Gasteiger partial charge < -0.3 is 10.1 Å². The number of nitriles is 1. The summed E-state index contributed by atoms with van der Waals surface area (Å²) in [4.78, 5) is 44.8. The Morgan fingerprint density at radius 2 is 1.96 bits per heavy atom. The number of hydrogen-bond donors (Lipinski definition) is 1. The number of benzene rings is 1. The number of rotatable bonds is 6. The Balaban J connectivity index is 2.44. The van der Waals surface area contributed by atoms with Crippen LogP contribution in [0.25, 0.3) is 0 Å². The maximum absolute atomic E-state index is 12.5. The van der Waals surface area contributed by atoms with Crippen LogP contribution < -0.4 is 5.32 Å². The highest BCUT2D eigenvalue weighted by Gasteiger charge is 2.27. The summed E-state index contributed by atoms with van der Waals surface area (Å²) >= 11 is 0.797. The monoisotopic (exact) mass is 404 g/mol. The predicted molar refractivity (Wildman–Crippen MR) is 97.4 cm³/mol. The second-order valence-electron chi connectivity index (χ2n) is 5.26. The number of carbonyl (C=O) groups excluding carboxylic acids is 2. The van der Waals surface area contributed by atoms with E-state index in [1.54, 1.807) is 6.92 Å². The van der Waals surface area contributed by atoms with E-state index in [4.69, 9.17) is 4.74 Å². The van der Waals surface area contributed by atoms with E-state index in [2.05, 4.69) is 5.32 Å². The van der Waals surface area contributed by atoms with Gasteiger partial charge in [-0.05, 0) is 25.5 Å². The summed E-state index contributed by atoms with van der Waals surface area (Å²) in [6.07, 6.45) is 0. The lowest BCUT2D eigenvalue weighted by molar-refractivity contribution is -0.394. The molecule has 1 aromatic carbocycles. The number of ether oxygens (including phenoxy) is 1. The fraction of sp³-hybridized carbons (Fsp3) is 0.188. The molecule has 1 heterocycles. The molecule has 144 valence electrons. The van der Waals surface area contributed by atoms with Gasteiger partial charge in [-0.15, -0.1) is 11.3 Å². The second-order valence-corrected chi connectivity index (χ2v) is 6.28. The molecule has 1 amide bonds. The number of carbonyl (C=O) groups is 2. The Morgan fingerprint density at radius 3 is 2.50 bits per heavy atom. The standard InChI is InChI=1S/C16H12N4O7S/c1-3-27-16(22)13-8(2)11(7-17)15(28-13)18-14(21)10-5-4-9(19(23)24)6-12(10)20(25)26/h4-6H,3H2,1-2H3,(H,18,21). The van der Waals surface area contributed by atoms with Crippen molar-refractivity contribution in [2.24, 2.45) is 0 Å². The van der Waals surface area contributed by atoms with Crippen LogP contribution in [-0.4, -0.2) is 28.3 Å². The van der Waals surface area contributed by atoms with Gasteiger partial charge in [-0.3, -0.25) is 25.0 Å². The van der Waals surface area contributed by atoms with Gasteiger partial charge in [-0.2, -0.15) is 5.26 Å². The molecular formula is C16H12N4O7S. The zero-order valence-corrected chi connectivity index (χ0v) is 15.4. The molecule has 28 heavy (non-hydrogen) atoms. The quantitative estimate of drug-likeness (QED) is 0.435. The number of esters is 1. The fourth-order valence-corrected chi connectivity index (χ4v) is 3.32. The zero-order valence-electron chi connectivity index (χ0n) is 14.5. The highest BCUT2D eigenvalue weighted by atomic mass is 32.1. The minimum atomic E-state index is -0.949. The molecule has 0 saturated carbocycles. The minimum absolute atomic E-state index is 0.0145. The number of nitro benzene ring substituents is 2. The number of thiophene rings is 1. The van der Waals surface area contributed by atoms with Crippen molar-refractivity contribution < 1.29 is 24.2 Å². The molecule has 0 radical (unpaired) electrons. The van der Waals surface area contributed by atoms with Gasteiger partial charge in [0.05, 0.1) is 28.1 Å². The van der Waals surface area contributed by atoms with Crippen LogP contribution in [0.2, 0.25) is 0 Å². The highest BCUT2D eigenvalue weighted by Crippen LogP contribution is 2.34. The van der Waals surface area contributed by atoms with Crippen molar-refractivity contribution in [2.75, 3.05) is 11.9 Å². The molecule has 0 aliphatic carbocycles. The van der Waals surface area contributed by atoms with Crippen molar-refractivity contribution >= 4 is 39.6 Å². The SMILES string of the molecule is CCOC(=O)c1sc(NC(=O)c2ccc([N+](=O)[O-])cc2[N+](=O)[O-])c(C#N)c1C. The summed E-state index contributed by atoms with van der Waals surface area (Å²) in [7, 11) is 0. The summed E-state index contributed by atoms with van der Waals surface area (Å²) in [6, 6.07) is 4.44. The summed E-state index contributed by atoms with van der Waals surface area (Å²) < 4.78 is 4.89. The molecule has 0 unspecified atom stereocenters. The highest BCUT2D eigenvalue weighted by molar-refractivity contribution is 7.18. The molecule has 11 nitrogen and oxygen atoms in total. The van der Waals surface area contributed by atoms with Gasteiger partial charge in [-0.1, -0.05) is 0 Å². The van der Waals surface area contributed by atoms with E-state index >= 15 is 0 Å². The Kier molecular flexibility index (Phi) is 6.01. The van der Waals surface area contributed by atoms with E-state index in [1.807, 2.05) is 6.07 Å². The third-order valence-corrected chi connectivity index (χ3v) is 4.77. The smallest absolute Gasteiger partial charge is 0.348 e. The lowest BCUT2D eigenvalue weighted by Gasteiger charge is -2.04. The zero-order chi connectivity index (χ0) is 21.0. The van der Waals surface area contributed by atoms with Crippen molar-refractivity contribution in [3.63, 3.8) is 0 Å². The molecule has 0 saturated heterocycles. The number of nitro groups is 2. The van der Waals surface area contributed by atoms with Crippen LogP contribution >= 0.6 is 11.3 Å². The third kappa shape index (κ3) is 3.94. The van der Waals surface area contributed by atoms with E-state index < -0.39 is 38.7 Å². The van der Waals surface area contributed by atoms with Gasteiger partial charge in [0.2, 0.25) is 0 Å². The van der Waals surface area contributed by atoms with Crippen molar-refractivity contribution in [1.82, 2.24) is 0 Å². The van der Waals surface area contributed by atoms with Crippen molar-refractivity contribution in [1.29, 1.82) is 5.26 Å². The van der Waals surface area contributed by atoms with Crippen LogP contribution in [0.4, 0.5) is 16.4 Å². The van der Waals surface area contributed by atoms with Crippen molar-refractivity contribution in [2.45, 2.75) is 13.8 Å². The maximum Gasteiger partial charge on any atom is 0.348 e. The largest absolute Gasteiger partial charge is 0.462 e. The molecule has 1 aromatic heterocycles. The second kappa shape index (κ2) is 8.23. The molecule has 0 spiro atoms. The van der Waals surface area contributed by atoms with Gasteiger partial charge in [-0.25, -0.2) is 4.79 Å². The molecular weight excluding hydrogens is 392 g/mol. The maximum atomic E-state index is 12.5. The van der Waals surface area contributed by atoms with Crippen LogP contribution in [0.15, 0.2) is 18.2 Å². The van der Waals surface area contributed by atoms with E-state index in [0.29, 0.717) is 11.6 Å². The summed E-state index contributed by atoms with van der Waals surface area (Å²) in [5, 5.41) is 33.7. The third-order valence-electron chi connectivity index (χ3n) is 3.58. The molecule has 0 aliphatic heterocycles. The molecule has 0 fully saturated rings. The van der Waals surface area contributed by atoms with Crippen LogP contribution in [0.5, 0.6) is 0 Å². The first kappa shape index (κ1) is 20.5. The minimum Gasteiger partial charge on any atom is -0.462 e. The molecule has 2 aromatic rings. The van der Waals surface area contributed by atoms with Gasteiger partial charge in [0.15, 0.2) is 0 Å². The number of nitrogens with zero attached hydrogens (tertiary/aromatic N) is 3. The Bertz CT molecular complexity index is 1040. The van der Waals surface area contributed by atoms with Crippen LogP contribution in [0.3, 0.4) is 0 Å². The van der Waals surface area contributed by atoms with Crippen LogP contribution in [-0.2, 0) is 4.74 Å². The lowest BCUT2D eigenvalue weighted by Crippen LogP contribution is -2.14. The Labute approximate surface area is 161 Å². The van der Waals surface area contributed by atoms with Crippen LogP contribution in [0.1, 0.15) is 38.1 Å². The summed E-state index contributed by atoms with van der Waals surface area (Å²) in [5.41, 5.74) is -1.41. The average Bonchev–Trinajstić information content (AvgIpc) is 2.96. The lowest BCUT2D eigenvalue weighted by atomic mass is 10.1. The summed E-state index contributed by atoms with van der Waals surface area (Å²) in [6.45, 7) is 3.24. The number of anilines is 1. The number of hydrogen-bond acceptors (Lipinski definition) is 9. The van der Waals surface area contributed by atoms with E-state index in [1.165, 1.54) is 6.92 Å². The molecule has 0 aliphatic rings.